The maximum atomic E-state index is 12.2. The molecule has 0 radical (unpaired) electrons. The van der Waals surface area contributed by atoms with Gasteiger partial charge in [0.2, 0.25) is 12.7 Å². The maximum absolute atomic E-state index is 12.2. The van der Waals surface area contributed by atoms with Crippen LogP contribution in [0.4, 0.5) is 4.79 Å². The number of nitrogens with one attached hydrogen (secondary N) is 1. The summed E-state index contributed by atoms with van der Waals surface area (Å²) in [6.07, 6.45) is -0.373. The van der Waals surface area contributed by atoms with Gasteiger partial charge in [0, 0.05) is 6.42 Å². The summed E-state index contributed by atoms with van der Waals surface area (Å²) in [5, 5.41) is 12.8. The van der Waals surface area contributed by atoms with E-state index in [-0.39, 0.29) is 30.2 Å². The molecule has 0 aromatic heterocycles. The standard InChI is InChI=1S/C16H20BNO8/c1-3-13(19)18-12-8-10-6-5-7-11(14(10)26-17(12)22)15(20)24-9-25-16(21)23-4-2/h5-7,12,22H,3-4,8-9H2,1-2H3,(H,18,19)/t12-/m0/s1. The van der Waals surface area contributed by atoms with Crippen molar-refractivity contribution in [2.75, 3.05) is 13.4 Å². The molecular formula is C16H20BNO8. The van der Waals surface area contributed by atoms with Crippen LogP contribution in [-0.2, 0) is 25.4 Å². The number of esters is 1. The van der Waals surface area contributed by atoms with E-state index >= 15 is 0 Å². The van der Waals surface area contributed by atoms with Gasteiger partial charge >= 0.3 is 19.2 Å². The van der Waals surface area contributed by atoms with Crippen LogP contribution >= 0.6 is 0 Å². The minimum Gasteiger partial charge on any atom is -0.534 e. The smallest absolute Gasteiger partial charge is 0.534 e. The van der Waals surface area contributed by atoms with E-state index in [1.165, 1.54) is 6.07 Å². The van der Waals surface area contributed by atoms with Crippen molar-refractivity contribution in [3.8, 4) is 5.75 Å². The molecule has 0 spiro atoms. The van der Waals surface area contributed by atoms with Crippen LogP contribution in [0.3, 0.4) is 0 Å². The molecule has 1 aliphatic rings. The number of fused-ring (bicyclic) bond motifs is 1. The maximum Gasteiger partial charge on any atom is 0.547 e. The largest absolute Gasteiger partial charge is 0.547 e. The number of benzene rings is 1. The summed E-state index contributed by atoms with van der Waals surface area (Å²) in [5.41, 5.74) is 0.715. The Balaban J connectivity index is 2.04. The lowest BCUT2D eigenvalue weighted by atomic mass is 9.72. The molecule has 10 heteroatoms. The molecule has 1 atom stereocenters. The number of carbonyl (C=O) groups excluding carboxylic acids is 3. The number of amides is 1. The topological polar surface area (TPSA) is 120 Å². The van der Waals surface area contributed by atoms with Crippen LogP contribution in [0.25, 0.3) is 0 Å². The SMILES string of the molecule is CCOC(=O)OCOC(=O)c1cccc2c1OB(O)[C@@H](NC(=O)CC)C2. The second-order valence-corrected chi connectivity index (χ2v) is 5.41. The Kier molecular flexibility index (Phi) is 6.85. The fraction of sp³-hybridized carbons (Fsp3) is 0.438. The fourth-order valence-electron chi connectivity index (χ4n) is 2.39. The molecular weight excluding hydrogens is 345 g/mol. The Bertz CT molecular complexity index is 680. The van der Waals surface area contributed by atoms with Gasteiger partial charge in [0.05, 0.1) is 12.5 Å². The van der Waals surface area contributed by atoms with Crippen LogP contribution in [-0.4, -0.2) is 49.5 Å². The van der Waals surface area contributed by atoms with Crippen molar-refractivity contribution in [1.29, 1.82) is 0 Å². The lowest BCUT2D eigenvalue weighted by Crippen LogP contribution is -2.53. The van der Waals surface area contributed by atoms with Gasteiger partial charge in [-0.05, 0) is 25.0 Å². The first kappa shape index (κ1) is 19.6. The van der Waals surface area contributed by atoms with Crippen LogP contribution < -0.4 is 9.97 Å². The molecule has 9 nitrogen and oxygen atoms in total. The Morgan fingerprint density at radius 1 is 1.27 bits per heavy atom. The molecule has 1 aromatic rings. The number of hydrogen-bond acceptors (Lipinski definition) is 8. The van der Waals surface area contributed by atoms with Crippen molar-refractivity contribution in [3.05, 3.63) is 29.3 Å². The summed E-state index contributed by atoms with van der Waals surface area (Å²) in [5.74, 6) is -1.45. The summed E-state index contributed by atoms with van der Waals surface area (Å²) < 4.78 is 19.4. The van der Waals surface area contributed by atoms with Crippen molar-refractivity contribution >= 4 is 25.2 Å². The van der Waals surface area contributed by atoms with E-state index in [9.17, 15) is 19.4 Å². The lowest BCUT2D eigenvalue weighted by Gasteiger charge is -2.29. The zero-order valence-electron chi connectivity index (χ0n) is 14.5. The van der Waals surface area contributed by atoms with Gasteiger partial charge in [-0.3, -0.25) is 4.79 Å². The quantitative estimate of drug-likeness (QED) is 0.432. The molecule has 0 aliphatic carbocycles. The zero-order chi connectivity index (χ0) is 19.1. The number of hydrogen-bond donors (Lipinski definition) is 2. The number of ether oxygens (including phenoxy) is 3. The highest BCUT2D eigenvalue weighted by atomic mass is 16.8. The van der Waals surface area contributed by atoms with E-state index in [1.807, 2.05) is 0 Å². The van der Waals surface area contributed by atoms with E-state index < -0.39 is 32.0 Å². The average molecular weight is 365 g/mol. The minimum atomic E-state index is -1.30. The summed E-state index contributed by atoms with van der Waals surface area (Å²) in [4.78, 5) is 34.8. The highest BCUT2D eigenvalue weighted by Crippen LogP contribution is 2.30. The van der Waals surface area contributed by atoms with E-state index in [0.717, 1.165) is 0 Å². The van der Waals surface area contributed by atoms with E-state index in [4.69, 9.17) is 9.39 Å². The Labute approximate surface area is 150 Å². The predicted octanol–water partition coefficient (Wildman–Crippen LogP) is 0.823. The van der Waals surface area contributed by atoms with Crippen molar-refractivity contribution in [1.82, 2.24) is 5.32 Å². The van der Waals surface area contributed by atoms with Gasteiger partial charge in [-0.1, -0.05) is 19.1 Å². The van der Waals surface area contributed by atoms with Crippen molar-refractivity contribution < 1.29 is 38.3 Å². The van der Waals surface area contributed by atoms with Crippen molar-refractivity contribution in [2.24, 2.45) is 0 Å². The third-order valence-corrected chi connectivity index (χ3v) is 3.64. The summed E-state index contributed by atoms with van der Waals surface area (Å²) in [6, 6.07) is 4.81. The van der Waals surface area contributed by atoms with Gasteiger partial charge in [-0.15, -0.1) is 0 Å². The Morgan fingerprint density at radius 3 is 2.73 bits per heavy atom. The summed E-state index contributed by atoms with van der Waals surface area (Å²) in [6.45, 7) is 2.84. The predicted molar refractivity (Wildman–Crippen MR) is 89.4 cm³/mol. The average Bonchev–Trinajstić information content (AvgIpc) is 2.61. The van der Waals surface area contributed by atoms with Crippen LogP contribution in [0.15, 0.2) is 18.2 Å². The molecule has 1 heterocycles. The number of carbonyl (C=O) groups is 3. The number of rotatable bonds is 6. The molecule has 1 amide bonds. The lowest BCUT2D eigenvalue weighted by molar-refractivity contribution is -0.121. The first-order valence-electron chi connectivity index (χ1n) is 8.18. The second-order valence-electron chi connectivity index (χ2n) is 5.41. The Morgan fingerprint density at radius 2 is 2.04 bits per heavy atom. The van der Waals surface area contributed by atoms with Gasteiger partial charge < -0.3 is 29.2 Å². The monoisotopic (exact) mass is 365 g/mol. The normalized spacial score (nSPS) is 15.3. The molecule has 0 bridgehead atoms. The van der Waals surface area contributed by atoms with Gasteiger partial charge in [-0.2, -0.15) is 0 Å². The molecule has 26 heavy (non-hydrogen) atoms. The molecule has 140 valence electrons. The fourth-order valence-corrected chi connectivity index (χ4v) is 2.39. The Hall–Kier alpha value is -2.75. The molecule has 0 saturated heterocycles. The minimum absolute atomic E-state index is 0.0780. The van der Waals surface area contributed by atoms with E-state index in [0.29, 0.717) is 12.0 Å². The van der Waals surface area contributed by atoms with Crippen molar-refractivity contribution in [2.45, 2.75) is 32.6 Å². The molecule has 0 unspecified atom stereocenters. The summed E-state index contributed by atoms with van der Waals surface area (Å²) in [7, 11) is -1.30. The van der Waals surface area contributed by atoms with E-state index in [2.05, 4.69) is 14.8 Å². The van der Waals surface area contributed by atoms with Crippen LogP contribution in [0.2, 0.25) is 0 Å². The summed E-state index contributed by atoms with van der Waals surface area (Å²) >= 11 is 0. The van der Waals surface area contributed by atoms with Gasteiger partial charge in [0.15, 0.2) is 0 Å². The highest BCUT2D eigenvalue weighted by Gasteiger charge is 2.37. The van der Waals surface area contributed by atoms with Crippen LogP contribution in [0, 0.1) is 0 Å². The van der Waals surface area contributed by atoms with Crippen LogP contribution in [0.1, 0.15) is 36.2 Å². The molecule has 2 N–H and O–H groups in total. The van der Waals surface area contributed by atoms with E-state index in [1.54, 1.807) is 26.0 Å². The molecule has 2 rings (SSSR count). The third kappa shape index (κ3) is 4.88. The molecule has 0 saturated carbocycles. The highest BCUT2D eigenvalue weighted by molar-refractivity contribution is 6.47. The second kappa shape index (κ2) is 9.09. The molecule has 1 aliphatic heterocycles. The molecule has 1 aromatic carbocycles. The van der Waals surface area contributed by atoms with Gasteiger partial charge in [-0.25, -0.2) is 9.59 Å². The number of para-hydroxylation sites is 1. The van der Waals surface area contributed by atoms with Gasteiger partial charge in [0.25, 0.3) is 0 Å². The van der Waals surface area contributed by atoms with Crippen molar-refractivity contribution in [3.63, 3.8) is 0 Å². The zero-order valence-corrected chi connectivity index (χ0v) is 14.5. The third-order valence-electron chi connectivity index (χ3n) is 3.64. The van der Waals surface area contributed by atoms with Gasteiger partial charge in [0.1, 0.15) is 11.3 Å². The molecule has 0 fully saturated rings. The van der Waals surface area contributed by atoms with Crippen LogP contribution in [0.5, 0.6) is 5.75 Å². The first-order chi connectivity index (χ1) is 12.5. The first-order valence-corrected chi connectivity index (χ1v) is 8.18.